The molecule has 0 fully saturated rings. The Balaban J connectivity index is 2.84. The van der Waals surface area contributed by atoms with Gasteiger partial charge in [-0.1, -0.05) is 0 Å². The molecule has 0 N–H and O–H groups in total. The maximum absolute atomic E-state index is 11.5. The molecule has 1 aromatic rings. The molecule has 84 valence electrons. The van der Waals surface area contributed by atoms with E-state index in [4.69, 9.17) is 4.74 Å². The number of nitrogens with zero attached hydrogens (tertiary/aromatic N) is 1. The van der Waals surface area contributed by atoms with Gasteiger partial charge < -0.3 is 4.74 Å². The zero-order valence-corrected chi connectivity index (χ0v) is 9.65. The van der Waals surface area contributed by atoms with E-state index >= 15 is 0 Å². The van der Waals surface area contributed by atoms with Crippen molar-refractivity contribution in [3.8, 4) is 0 Å². The zero-order valence-electron chi connectivity index (χ0n) is 8.76. The molecule has 0 unspecified atom stereocenters. The topological polar surface area (TPSA) is 65.4 Å². The van der Waals surface area contributed by atoms with Crippen molar-refractivity contribution < 1.29 is 17.9 Å². The van der Waals surface area contributed by atoms with Gasteiger partial charge in [-0.15, -0.1) is 0 Å². The summed E-state index contributed by atoms with van der Waals surface area (Å²) in [5, 5.41) is 0. The third-order valence-corrected chi connectivity index (χ3v) is 2.13. The van der Waals surface area contributed by atoms with E-state index in [-0.39, 0.29) is 5.56 Å². The Morgan fingerprint density at radius 3 is 2.40 bits per heavy atom. The lowest BCUT2D eigenvalue weighted by atomic mass is 10.2. The van der Waals surface area contributed by atoms with Gasteiger partial charge in [-0.05, 0) is 26.8 Å². The molecular weight excluding hydrogens is 218 g/mol. The highest BCUT2D eigenvalue weighted by Gasteiger charge is 2.18. The number of thiol groups is 1. The monoisotopic (exact) mass is 231 g/mol. The fourth-order valence-electron chi connectivity index (χ4n) is 0.945. The van der Waals surface area contributed by atoms with Crippen LogP contribution in [0.1, 0.15) is 31.1 Å². The van der Waals surface area contributed by atoms with Gasteiger partial charge in [-0.2, -0.15) is 0 Å². The minimum atomic E-state index is -2.72. The third-order valence-electron chi connectivity index (χ3n) is 1.50. The van der Waals surface area contributed by atoms with Crippen molar-refractivity contribution >= 4 is 16.9 Å². The van der Waals surface area contributed by atoms with Gasteiger partial charge in [0.15, 0.2) is 0 Å². The van der Waals surface area contributed by atoms with Gasteiger partial charge in [0, 0.05) is 12.4 Å². The predicted octanol–water partition coefficient (Wildman–Crippen LogP) is 0.818. The van der Waals surface area contributed by atoms with E-state index in [9.17, 15) is 13.2 Å². The highest BCUT2D eigenvalue weighted by Crippen LogP contribution is 2.12. The number of hydrogen-bond donors (Lipinski definition) is 1. The maximum atomic E-state index is 11.5. The van der Waals surface area contributed by atoms with Crippen molar-refractivity contribution in [1.29, 1.82) is 0 Å². The van der Waals surface area contributed by atoms with Crippen molar-refractivity contribution in [2.24, 2.45) is 0 Å². The van der Waals surface area contributed by atoms with Crippen LogP contribution in [0.5, 0.6) is 0 Å². The molecule has 0 aliphatic rings. The number of rotatable bonds is 2. The molecule has 0 radical (unpaired) electrons. The van der Waals surface area contributed by atoms with Gasteiger partial charge in [0.2, 0.25) is 10.9 Å². The van der Waals surface area contributed by atoms with E-state index in [1.54, 1.807) is 20.8 Å². The van der Waals surface area contributed by atoms with Crippen LogP contribution in [0.15, 0.2) is 18.5 Å². The second-order valence-corrected chi connectivity index (χ2v) is 4.96. The van der Waals surface area contributed by atoms with Crippen LogP contribution in [-0.4, -0.2) is 24.0 Å². The average molecular weight is 231 g/mol. The fraction of sp³-hybridized carbons (Fsp3) is 0.444. The van der Waals surface area contributed by atoms with E-state index in [0.717, 1.165) is 3.97 Å². The minimum absolute atomic E-state index is 0.226. The van der Waals surface area contributed by atoms with Gasteiger partial charge in [-0.3, -0.25) is 3.97 Å². The van der Waals surface area contributed by atoms with Crippen molar-refractivity contribution in [1.82, 2.24) is 3.97 Å². The fourth-order valence-corrected chi connectivity index (χ4v) is 1.34. The summed E-state index contributed by atoms with van der Waals surface area (Å²) >= 11 is 0. The predicted molar refractivity (Wildman–Crippen MR) is 55.3 cm³/mol. The van der Waals surface area contributed by atoms with Crippen LogP contribution in [0.4, 0.5) is 0 Å². The molecule has 0 aromatic carbocycles. The smallest absolute Gasteiger partial charge is 0.340 e. The molecule has 5 nitrogen and oxygen atoms in total. The Morgan fingerprint density at radius 1 is 1.40 bits per heavy atom. The zero-order chi connectivity index (χ0) is 11.6. The maximum Gasteiger partial charge on any atom is 0.340 e. The SMILES string of the molecule is CC(C)(C)OC(=O)c1ccn([SH](=O)=O)c1. The van der Waals surface area contributed by atoms with Gasteiger partial charge >= 0.3 is 5.97 Å². The third kappa shape index (κ3) is 3.39. The highest BCUT2D eigenvalue weighted by molar-refractivity contribution is 7.70. The molecule has 1 heterocycles. The molecule has 1 aromatic heterocycles. The number of aromatic nitrogens is 1. The first-order valence-corrected chi connectivity index (χ1v) is 5.48. The summed E-state index contributed by atoms with van der Waals surface area (Å²) in [6.07, 6.45) is 2.52. The van der Waals surface area contributed by atoms with Crippen LogP contribution in [0.2, 0.25) is 0 Å². The van der Waals surface area contributed by atoms with Crippen molar-refractivity contribution in [2.45, 2.75) is 26.4 Å². The Hall–Kier alpha value is -1.30. The van der Waals surface area contributed by atoms with Gasteiger partial charge in [0.1, 0.15) is 5.60 Å². The molecule has 0 bridgehead atoms. The molecule has 0 saturated heterocycles. The largest absolute Gasteiger partial charge is 0.456 e. The molecule has 0 aliphatic heterocycles. The van der Waals surface area contributed by atoms with E-state index < -0.39 is 22.5 Å². The molecule has 0 amide bonds. The Labute approximate surface area is 89.7 Å². The lowest BCUT2D eigenvalue weighted by molar-refractivity contribution is 0.00697. The summed E-state index contributed by atoms with van der Waals surface area (Å²) in [6.45, 7) is 5.24. The minimum Gasteiger partial charge on any atom is -0.456 e. The van der Waals surface area contributed by atoms with E-state index in [1.165, 1.54) is 18.5 Å². The van der Waals surface area contributed by atoms with E-state index in [0.29, 0.717) is 0 Å². The first-order valence-electron chi connectivity index (χ1n) is 4.35. The lowest BCUT2D eigenvalue weighted by Gasteiger charge is -2.18. The van der Waals surface area contributed by atoms with Crippen molar-refractivity contribution in [3.63, 3.8) is 0 Å². The van der Waals surface area contributed by atoms with Gasteiger partial charge in [0.05, 0.1) is 5.56 Å². The number of ether oxygens (including phenoxy) is 1. The second kappa shape index (κ2) is 4.06. The normalized spacial score (nSPS) is 11.7. The summed E-state index contributed by atoms with van der Waals surface area (Å²) in [6, 6.07) is 1.40. The Kier molecular flexibility index (Phi) is 3.18. The molecule has 0 aliphatic carbocycles. The van der Waals surface area contributed by atoms with Gasteiger partial charge in [0.25, 0.3) is 0 Å². The highest BCUT2D eigenvalue weighted by atomic mass is 32.2. The van der Waals surface area contributed by atoms with Crippen LogP contribution in [0.25, 0.3) is 0 Å². The average Bonchev–Trinajstić information content (AvgIpc) is 2.47. The molecule has 15 heavy (non-hydrogen) atoms. The molecule has 0 spiro atoms. The quantitative estimate of drug-likeness (QED) is 0.604. The summed E-state index contributed by atoms with van der Waals surface area (Å²) in [5.41, 5.74) is -0.358. The number of hydrogen-bond acceptors (Lipinski definition) is 4. The summed E-state index contributed by atoms with van der Waals surface area (Å²) in [7, 11) is -2.72. The molecule has 0 saturated carbocycles. The van der Waals surface area contributed by atoms with Crippen molar-refractivity contribution in [3.05, 3.63) is 24.0 Å². The molecule has 0 atom stereocenters. The number of carbonyl (C=O) groups is 1. The van der Waals surface area contributed by atoms with E-state index in [1.807, 2.05) is 0 Å². The first kappa shape index (κ1) is 11.8. The van der Waals surface area contributed by atoms with Crippen LogP contribution < -0.4 is 0 Å². The van der Waals surface area contributed by atoms with Crippen LogP contribution >= 0.6 is 0 Å². The Morgan fingerprint density at radius 2 is 2.00 bits per heavy atom. The number of carbonyl (C=O) groups excluding carboxylic acids is 1. The lowest BCUT2D eigenvalue weighted by Crippen LogP contribution is -2.23. The van der Waals surface area contributed by atoms with Crippen LogP contribution in [-0.2, 0) is 15.6 Å². The molecule has 6 heteroatoms. The van der Waals surface area contributed by atoms with Crippen LogP contribution in [0, 0.1) is 0 Å². The number of esters is 1. The van der Waals surface area contributed by atoms with E-state index in [2.05, 4.69) is 0 Å². The summed E-state index contributed by atoms with van der Waals surface area (Å²) in [4.78, 5) is 11.5. The molecule has 1 rings (SSSR count). The van der Waals surface area contributed by atoms with Crippen molar-refractivity contribution in [2.75, 3.05) is 0 Å². The first-order chi connectivity index (χ1) is 6.79. The Bertz CT molecular complexity index is 431. The molecular formula is C9H13NO4S. The summed E-state index contributed by atoms with van der Waals surface area (Å²) < 4.78 is 27.1. The van der Waals surface area contributed by atoms with Gasteiger partial charge in [-0.25, -0.2) is 13.2 Å². The summed E-state index contributed by atoms with van der Waals surface area (Å²) in [5.74, 6) is -0.530. The second-order valence-electron chi connectivity index (χ2n) is 4.02. The standard InChI is InChI=1S/C9H13NO4S/c1-9(2,3)14-8(11)7-4-5-10(6-7)15(12)13/h4-6,15H,1-3H3. The van der Waals surface area contributed by atoms with Crippen LogP contribution in [0.3, 0.4) is 0 Å².